The molecule has 2 rings (SSSR count). The first-order chi connectivity index (χ1) is 19.5. The molecule has 0 aliphatic rings. The first-order valence-electron chi connectivity index (χ1n) is 13.1. The Morgan fingerprint density at radius 1 is 0.550 bits per heavy atom. The number of hydrogen-bond acceptors (Lipinski definition) is 11. The number of rotatable bonds is 25. The van der Waals surface area contributed by atoms with Crippen LogP contribution in [-0.4, -0.2) is 107 Å². The molecule has 0 aliphatic carbocycles. The van der Waals surface area contributed by atoms with E-state index in [4.69, 9.17) is 37.3 Å². The third-order valence-corrected chi connectivity index (χ3v) is 6.47. The highest BCUT2D eigenvalue weighted by atomic mass is 32.2. The van der Waals surface area contributed by atoms with Gasteiger partial charge in [-0.15, -0.1) is 0 Å². The summed E-state index contributed by atoms with van der Waals surface area (Å²) >= 11 is 0. The normalized spacial score (nSPS) is 11.5. The van der Waals surface area contributed by atoms with Gasteiger partial charge in [0.25, 0.3) is 10.1 Å². The molecule has 12 heteroatoms. The molecule has 0 N–H and O–H groups in total. The maximum absolute atomic E-state index is 12.0. The van der Waals surface area contributed by atoms with Crippen molar-refractivity contribution >= 4 is 16.4 Å². The molecule has 0 bridgehead atoms. The fraction of sp³-hybridized carbons (Fsp3) is 0.536. The van der Waals surface area contributed by atoms with E-state index >= 15 is 0 Å². The van der Waals surface area contributed by atoms with Crippen LogP contribution in [0.15, 0.2) is 53.4 Å². The Hall–Kier alpha value is -2.42. The van der Waals surface area contributed by atoms with E-state index in [1.807, 2.05) is 6.92 Å². The third kappa shape index (κ3) is 16.0. The number of ether oxygens (including phenoxy) is 7. The Kier molecular flexibility index (Phi) is 18.0. The second-order valence-corrected chi connectivity index (χ2v) is 9.91. The van der Waals surface area contributed by atoms with Gasteiger partial charge in [0.15, 0.2) is 0 Å². The molecule has 0 heterocycles. The van der Waals surface area contributed by atoms with Crippen molar-refractivity contribution in [2.24, 2.45) is 0 Å². The van der Waals surface area contributed by atoms with Crippen LogP contribution in [0.5, 0.6) is 5.75 Å². The van der Waals surface area contributed by atoms with Gasteiger partial charge in [-0.1, -0.05) is 17.7 Å². The Labute approximate surface area is 236 Å². The van der Waals surface area contributed by atoms with Crippen LogP contribution in [-0.2, 0) is 42.7 Å². The monoisotopic (exact) mass is 584 g/mol. The molecule has 0 aliphatic heterocycles. The summed E-state index contributed by atoms with van der Waals surface area (Å²) in [6.45, 7) is 7.15. The molecule has 0 aromatic heterocycles. The summed E-state index contributed by atoms with van der Waals surface area (Å²) in [5, 5.41) is 0. The summed E-state index contributed by atoms with van der Waals surface area (Å²) in [6, 6.07) is 13.4. The fourth-order valence-electron chi connectivity index (χ4n) is 3.04. The van der Waals surface area contributed by atoms with Crippen molar-refractivity contribution in [2.75, 3.05) is 92.5 Å². The molecule has 0 fully saturated rings. The van der Waals surface area contributed by atoms with Gasteiger partial charge in [0, 0.05) is 5.56 Å². The summed E-state index contributed by atoms with van der Waals surface area (Å²) < 4.78 is 67.0. The minimum absolute atomic E-state index is 0.0606. The van der Waals surface area contributed by atoms with Crippen LogP contribution in [0.3, 0.4) is 0 Å². The summed E-state index contributed by atoms with van der Waals surface area (Å²) in [4.78, 5) is 10.7. The Morgan fingerprint density at radius 3 is 1.38 bits per heavy atom. The molecule has 0 unspecified atom stereocenters. The molecule has 0 spiro atoms. The van der Waals surface area contributed by atoms with Crippen LogP contribution < -0.4 is 4.74 Å². The van der Waals surface area contributed by atoms with Crippen LogP contribution in [0.1, 0.15) is 15.9 Å². The molecular weight excluding hydrogens is 544 g/mol. The predicted octanol–water partition coefficient (Wildman–Crippen LogP) is 2.69. The zero-order valence-electron chi connectivity index (χ0n) is 23.0. The minimum Gasteiger partial charge on any atom is -0.491 e. The Balaban J connectivity index is 1.25. The molecule has 40 heavy (non-hydrogen) atoms. The highest BCUT2D eigenvalue weighted by Crippen LogP contribution is 2.13. The van der Waals surface area contributed by atoms with E-state index in [0.717, 1.165) is 11.8 Å². The van der Waals surface area contributed by atoms with Crippen LogP contribution >= 0.6 is 0 Å². The average molecular weight is 585 g/mol. The lowest BCUT2D eigenvalue weighted by Crippen LogP contribution is -2.15. The number of carbonyl (C=O) groups is 1. The zero-order valence-corrected chi connectivity index (χ0v) is 23.8. The quantitative estimate of drug-likeness (QED) is 0.0972. The van der Waals surface area contributed by atoms with Crippen molar-refractivity contribution in [3.8, 4) is 5.75 Å². The van der Waals surface area contributed by atoms with E-state index in [9.17, 15) is 13.2 Å². The predicted molar refractivity (Wildman–Crippen MR) is 147 cm³/mol. The van der Waals surface area contributed by atoms with Gasteiger partial charge in [0.1, 0.15) is 18.6 Å². The number of aldehydes is 1. The molecule has 0 saturated heterocycles. The number of aryl methyl sites for hydroxylation is 1. The van der Waals surface area contributed by atoms with Crippen LogP contribution in [0.25, 0.3) is 0 Å². The van der Waals surface area contributed by atoms with Gasteiger partial charge in [0.2, 0.25) is 0 Å². The lowest BCUT2D eigenvalue weighted by atomic mass is 10.2. The van der Waals surface area contributed by atoms with E-state index in [-0.39, 0.29) is 18.1 Å². The van der Waals surface area contributed by atoms with Crippen molar-refractivity contribution in [1.29, 1.82) is 0 Å². The Bertz CT molecular complexity index is 1010. The van der Waals surface area contributed by atoms with Gasteiger partial charge in [0.05, 0.1) is 90.8 Å². The molecular formula is C28H40O11S. The van der Waals surface area contributed by atoms with E-state index in [2.05, 4.69) is 0 Å². The standard InChI is InChI=1S/C28H40O11S/c1-25-2-8-28(9-3-25)40(30,31)39-23-21-37-19-17-35-15-13-33-11-10-32-12-14-34-16-18-36-20-22-38-27-6-4-26(24-29)5-7-27/h2-9,24H,10-23H2,1H3. The zero-order chi connectivity index (χ0) is 28.7. The fourth-order valence-corrected chi connectivity index (χ4v) is 3.93. The Morgan fingerprint density at radius 2 is 0.950 bits per heavy atom. The lowest BCUT2D eigenvalue weighted by Gasteiger charge is -2.09. The summed E-state index contributed by atoms with van der Waals surface area (Å²) in [6.07, 6.45) is 0.789. The maximum Gasteiger partial charge on any atom is 0.297 e. The van der Waals surface area contributed by atoms with Gasteiger partial charge >= 0.3 is 0 Å². The van der Waals surface area contributed by atoms with Gasteiger partial charge in [-0.2, -0.15) is 8.42 Å². The third-order valence-electron chi connectivity index (χ3n) is 5.15. The van der Waals surface area contributed by atoms with E-state index in [0.29, 0.717) is 90.6 Å². The lowest BCUT2D eigenvalue weighted by molar-refractivity contribution is -0.0186. The molecule has 2 aromatic carbocycles. The molecule has 11 nitrogen and oxygen atoms in total. The second-order valence-electron chi connectivity index (χ2n) is 8.30. The number of benzene rings is 2. The van der Waals surface area contributed by atoms with Crippen molar-refractivity contribution in [2.45, 2.75) is 11.8 Å². The second kappa shape index (κ2) is 21.3. The van der Waals surface area contributed by atoms with Gasteiger partial charge < -0.3 is 33.2 Å². The molecule has 0 radical (unpaired) electrons. The van der Waals surface area contributed by atoms with Gasteiger partial charge in [-0.3, -0.25) is 8.98 Å². The molecule has 0 atom stereocenters. The highest BCUT2D eigenvalue weighted by Gasteiger charge is 2.14. The molecule has 0 amide bonds. The summed E-state index contributed by atoms with van der Waals surface area (Å²) in [5.74, 6) is 0.693. The summed E-state index contributed by atoms with van der Waals surface area (Å²) in [7, 11) is -3.77. The van der Waals surface area contributed by atoms with Crippen LogP contribution in [0, 0.1) is 6.92 Å². The van der Waals surface area contributed by atoms with Crippen molar-refractivity contribution < 1.29 is 50.6 Å². The SMILES string of the molecule is Cc1ccc(S(=O)(=O)OCCOCCOCCOCCOCCOCCOCCOc2ccc(C=O)cc2)cc1. The van der Waals surface area contributed by atoms with E-state index < -0.39 is 10.1 Å². The first kappa shape index (κ1) is 33.8. The van der Waals surface area contributed by atoms with E-state index in [1.54, 1.807) is 36.4 Å². The summed E-state index contributed by atoms with van der Waals surface area (Å²) in [5.41, 5.74) is 1.58. The molecule has 2 aromatic rings. The first-order valence-corrected chi connectivity index (χ1v) is 14.5. The van der Waals surface area contributed by atoms with Gasteiger partial charge in [-0.05, 0) is 43.3 Å². The van der Waals surface area contributed by atoms with Crippen molar-refractivity contribution in [3.63, 3.8) is 0 Å². The maximum atomic E-state index is 12.0. The van der Waals surface area contributed by atoms with Crippen molar-refractivity contribution in [1.82, 2.24) is 0 Å². The smallest absolute Gasteiger partial charge is 0.297 e. The molecule has 0 saturated carbocycles. The molecule has 224 valence electrons. The minimum atomic E-state index is -3.77. The number of hydrogen-bond donors (Lipinski definition) is 0. The average Bonchev–Trinajstić information content (AvgIpc) is 2.96. The topological polar surface area (TPSA) is 125 Å². The van der Waals surface area contributed by atoms with Crippen LogP contribution in [0.2, 0.25) is 0 Å². The van der Waals surface area contributed by atoms with Crippen LogP contribution in [0.4, 0.5) is 0 Å². The van der Waals surface area contributed by atoms with Crippen molar-refractivity contribution in [3.05, 3.63) is 59.7 Å². The van der Waals surface area contributed by atoms with E-state index in [1.165, 1.54) is 12.1 Å². The van der Waals surface area contributed by atoms with Gasteiger partial charge in [-0.25, -0.2) is 0 Å². The largest absolute Gasteiger partial charge is 0.491 e. The highest BCUT2D eigenvalue weighted by molar-refractivity contribution is 7.86. The number of carbonyl (C=O) groups excluding carboxylic acids is 1.